The van der Waals surface area contributed by atoms with E-state index in [-0.39, 0.29) is 35.6 Å². The minimum absolute atomic E-state index is 0.113. The fraction of sp³-hybridized carbons (Fsp3) is 0.238. The molecule has 0 unspecified atom stereocenters. The molecule has 0 bridgehead atoms. The van der Waals surface area contributed by atoms with Gasteiger partial charge in [-0.1, -0.05) is 6.07 Å². The third kappa shape index (κ3) is 3.93. The topological polar surface area (TPSA) is 141 Å². The van der Waals surface area contributed by atoms with E-state index in [4.69, 9.17) is 10.00 Å². The summed E-state index contributed by atoms with van der Waals surface area (Å²) in [6.07, 6.45) is 2.92. The van der Waals surface area contributed by atoms with E-state index in [0.29, 0.717) is 35.4 Å². The molecule has 0 radical (unpaired) electrons. The van der Waals surface area contributed by atoms with Crippen molar-refractivity contribution in [1.29, 1.82) is 5.26 Å². The maximum atomic E-state index is 12.5. The number of hydrogen-bond acceptors (Lipinski definition) is 9. The number of nitrogens with zero attached hydrogens (tertiary/aromatic N) is 5. The summed E-state index contributed by atoms with van der Waals surface area (Å²) in [4.78, 5) is 38.4. The summed E-state index contributed by atoms with van der Waals surface area (Å²) in [5.74, 6) is -0.575. The smallest absolute Gasteiger partial charge is 0.312 e. The van der Waals surface area contributed by atoms with Crippen LogP contribution in [0.4, 0.5) is 5.82 Å². The normalized spacial score (nSPS) is 13.4. The lowest BCUT2D eigenvalue weighted by atomic mass is 10.0. The summed E-state index contributed by atoms with van der Waals surface area (Å²) in [6, 6.07) is 8.56. The number of carbonyl (C=O) groups excluding carboxylic acids is 2. The number of aromatic nitrogens is 3. The summed E-state index contributed by atoms with van der Waals surface area (Å²) in [6.45, 7) is 1.19. The van der Waals surface area contributed by atoms with E-state index in [0.717, 1.165) is 0 Å². The number of aromatic hydroxyl groups is 1. The molecule has 1 saturated heterocycles. The van der Waals surface area contributed by atoms with Gasteiger partial charge in [-0.05, 0) is 23.8 Å². The average molecular weight is 418 g/mol. The Morgan fingerprint density at radius 2 is 2.06 bits per heavy atom. The van der Waals surface area contributed by atoms with Crippen molar-refractivity contribution in [3.63, 3.8) is 0 Å². The molecule has 2 N–H and O–H groups in total. The van der Waals surface area contributed by atoms with Gasteiger partial charge in [0.05, 0.1) is 24.7 Å². The predicted octanol–water partition coefficient (Wildman–Crippen LogP) is 1.14. The molecule has 0 aliphatic carbocycles. The molecule has 1 fully saturated rings. The van der Waals surface area contributed by atoms with Gasteiger partial charge < -0.3 is 20.1 Å². The molecule has 3 aromatic heterocycles. The van der Waals surface area contributed by atoms with Gasteiger partial charge in [-0.2, -0.15) is 5.26 Å². The molecule has 31 heavy (non-hydrogen) atoms. The highest BCUT2D eigenvalue weighted by atomic mass is 16.5. The van der Waals surface area contributed by atoms with Crippen molar-refractivity contribution in [3.8, 4) is 11.8 Å². The van der Waals surface area contributed by atoms with Gasteiger partial charge in [0.15, 0.2) is 11.4 Å². The number of hydrogen-bond donors (Lipinski definition) is 2. The molecule has 1 aliphatic heterocycles. The largest absolute Gasteiger partial charge is 0.505 e. The zero-order chi connectivity index (χ0) is 22.0. The summed E-state index contributed by atoms with van der Waals surface area (Å²) in [7, 11) is 1.36. The third-order valence-electron chi connectivity index (χ3n) is 5.05. The highest BCUT2D eigenvalue weighted by Crippen LogP contribution is 2.30. The van der Waals surface area contributed by atoms with Crippen molar-refractivity contribution < 1.29 is 19.4 Å². The van der Waals surface area contributed by atoms with Gasteiger partial charge in [0.1, 0.15) is 17.6 Å². The Morgan fingerprint density at radius 1 is 1.26 bits per heavy atom. The SMILES string of the molecule is COC(=O)C1CN(c2ccc3c(O)c(C(=O)NCc4ccc(C#N)nc4)ncc3n2)C1. The first kappa shape index (κ1) is 20.0. The number of anilines is 1. The Morgan fingerprint density at radius 3 is 2.74 bits per heavy atom. The molecule has 3 aromatic rings. The molecule has 4 heterocycles. The van der Waals surface area contributed by atoms with Crippen LogP contribution in [0.5, 0.6) is 5.75 Å². The molecule has 1 amide bonds. The van der Waals surface area contributed by atoms with Crippen LogP contribution in [-0.4, -0.2) is 52.1 Å². The van der Waals surface area contributed by atoms with Gasteiger partial charge in [-0.25, -0.2) is 15.0 Å². The Labute approximate surface area is 177 Å². The van der Waals surface area contributed by atoms with Crippen molar-refractivity contribution in [2.45, 2.75) is 6.54 Å². The average Bonchev–Trinajstić information content (AvgIpc) is 2.77. The van der Waals surface area contributed by atoms with Crippen molar-refractivity contribution in [1.82, 2.24) is 20.3 Å². The van der Waals surface area contributed by atoms with E-state index in [9.17, 15) is 14.7 Å². The molecule has 10 nitrogen and oxygen atoms in total. The van der Waals surface area contributed by atoms with Crippen LogP contribution in [0.3, 0.4) is 0 Å². The molecule has 0 saturated carbocycles. The van der Waals surface area contributed by atoms with Crippen molar-refractivity contribution in [3.05, 3.63) is 53.6 Å². The van der Waals surface area contributed by atoms with Crippen LogP contribution in [0.25, 0.3) is 10.9 Å². The predicted molar refractivity (Wildman–Crippen MR) is 109 cm³/mol. The highest BCUT2D eigenvalue weighted by molar-refractivity contribution is 6.00. The minimum Gasteiger partial charge on any atom is -0.505 e. The maximum absolute atomic E-state index is 12.5. The zero-order valence-corrected chi connectivity index (χ0v) is 16.6. The van der Waals surface area contributed by atoms with Gasteiger partial charge in [0.25, 0.3) is 5.91 Å². The molecule has 0 aromatic carbocycles. The number of ether oxygens (including phenoxy) is 1. The van der Waals surface area contributed by atoms with Gasteiger partial charge in [-0.3, -0.25) is 9.59 Å². The van der Waals surface area contributed by atoms with E-state index in [1.54, 1.807) is 24.3 Å². The monoisotopic (exact) mass is 418 g/mol. The fourth-order valence-electron chi connectivity index (χ4n) is 3.26. The van der Waals surface area contributed by atoms with Crippen molar-refractivity contribution in [2.24, 2.45) is 5.92 Å². The number of pyridine rings is 3. The lowest BCUT2D eigenvalue weighted by Crippen LogP contribution is -2.51. The Balaban J connectivity index is 1.46. The number of esters is 1. The first-order valence-corrected chi connectivity index (χ1v) is 9.45. The lowest BCUT2D eigenvalue weighted by molar-refractivity contribution is -0.146. The maximum Gasteiger partial charge on any atom is 0.312 e. The molecule has 10 heteroatoms. The van der Waals surface area contributed by atoms with E-state index >= 15 is 0 Å². The van der Waals surface area contributed by atoms with Crippen LogP contribution in [0, 0.1) is 17.2 Å². The number of nitriles is 1. The van der Waals surface area contributed by atoms with Gasteiger partial charge in [0.2, 0.25) is 0 Å². The number of nitrogens with one attached hydrogen (secondary N) is 1. The van der Waals surface area contributed by atoms with Crippen LogP contribution < -0.4 is 10.2 Å². The van der Waals surface area contributed by atoms with Crippen LogP contribution >= 0.6 is 0 Å². The van der Waals surface area contributed by atoms with E-state index < -0.39 is 5.91 Å². The van der Waals surface area contributed by atoms with Gasteiger partial charge in [-0.15, -0.1) is 0 Å². The summed E-state index contributed by atoms with van der Waals surface area (Å²) in [5.41, 5.74) is 1.32. The second kappa shape index (κ2) is 8.23. The second-order valence-corrected chi connectivity index (χ2v) is 7.03. The first-order valence-electron chi connectivity index (χ1n) is 9.45. The van der Waals surface area contributed by atoms with Crippen molar-refractivity contribution >= 4 is 28.6 Å². The fourth-order valence-corrected chi connectivity index (χ4v) is 3.26. The highest BCUT2D eigenvalue weighted by Gasteiger charge is 2.34. The number of methoxy groups -OCH3 is 1. The van der Waals surface area contributed by atoms with Crippen LogP contribution in [-0.2, 0) is 16.1 Å². The number of carbonyl (C=O) groups is 2. The van der Waals surface area contributed by atoms with Crippen LogP contribution in [0.15, 0.2) is 36.7 Å². The van der Waals surface area contributed by atoms with Crippen LogP contribution in [0.1, 0.15) is 21.7 Å². The molecular formula is C21H18N6O4. The van der Waals surface area contributed by atoms with E-state index in [2.05, 4.69) is 20.3 Å². The third-order valence-corrected chi connectivity index (χ3v) is 5.05. The molecule has 0 atom stereocenters. The molecule has 156 valence electrons. The zero-order valence-electron chi connectivity index (χ0n) is 16.6. The molecule has 1 aliphatic rings. The number of amides is 1. The molecule has 4 rings (SSSR count). The Bertz CT molecular complexity index is 1200. The summed E-state index contributed by atoms with van der Waals surface area (Å²) >= 11 is 0. The second-order valence-electron chi connectivity index (χ2n) is 7.03. The molecule has 0 spiro atoms. The lowest BCUT2D eigenvalue weighted by Gasteiger charge is -2.38. The first-order chi connectivity index (χ1) is 15.0. The quantitative estimate of drug-likeness (QED) is 0.583. The minimum atomic E-state index is -0.545. The Hall–Kier alpha value is -4.26. The number of rotatable bonds is 5. The summed E-state index contributed by atoms with van der Waals surface area (Å²) < 4.78 is 4.74. The number of fused-ring (bicyclic) bond motifs is 1. The van der Waals surface area contributed by atoms with E-state index in [1.807, 2.05) is 11.0 Å². The van der Waals surface area contributed by atoms with E-state index in [1.165, 1.54) is 19.5 Å². The standard InChI is InChI=1S/C21H18N6O4/c1-31-21(30)13-10-27(11-13)17-5-4-15-16(26-17)9-24-18(19(15)28)20(29)25-8-12-2-3-14(6-22)23-7-12/h2-5,7,9,13,28H,8,10-11H2,1H3,(H,25,29). The van der Waals surface area contributed by atoms with Crippen molar-refractivity contribution in [2.75, 3.05) is 25.1 Å². The van der Waals surface area contributed by atoms with Gasteiger partial charge >= 0.3 is 5.97 Å². The van der Waals surface area contributed by atoms with Crippen LogP contribution in [0.2, 0.25) is 0 Å². The molecular weight excluding hydrogens is 400 g/mol. The van der Waals surface area contributed by atoms with Gasteiger partial charge in [0, 0.05) is 31.2 Å². The Kier molecular flexibility index (Phi) is 5.32. The summed E-state index contributed by atoms with van der Waals surface area (Å²) in [5, 5.41) is 22.4.